The molecule has 0 aliphatic carbocycles. The van der Waals surface area contributed by atoms with Crippen molar-refractivity contribution >= 4 is 17.6 Å². The Morgan fingerprint density at radius 3 is 2.72 bits per heavy atom. The van der Waals surface area contributed by atoms with Crippen molar-refractivity contribution in [2.24, 2.45) is 17.5 Å². The molecule has 0 saturated carbocycles. The first-order chi connectivity index (χ1) is 11.9. The lowest BCUT2D eigenvalue weighted by Crippen LogP contribution is -2.55. The van der Waals surface area contributed by atoms with Crippen molar-refractivity contribution in [3.8, 4) is 0 Å². The van der Waals surface area contributed by atoms with Gasteiger partial charge in [0.1, 0.15) is 6.54 Å². The standard InChI is InChI=1S/C17H30N6O2/c1-5-17(3,13-24)12-19-16(18-6-2)22-7-8-23(15(25)11-22)14-9-20-21(4)10-14/h9-10,24H,5-8,11-13H2,1-4H3,(H,18,19). The van der Waals surface area contributed by atoms with E-state index in [0.717, 1.165) is 24.6 Å². The minimum absolute atomic E-state index is 0.0327. The average molecular weight is 350 g/mol. The summed E-state index contributed by atoms with van der Waals surface area (Å²) in [6.45, 7) is 9.02. The fourth-order valence-corrected chi connectivity index (χ4v) is 2.64. The predicted octanol–water partition coefficient (Wildman–Crippen LogP) is 0.443. The third kappa shape index (κ3) is 4.72. The lowest BCUT2D eigenvalue weighted by molar-refractivity contribution is -0.120. The van der Waals surface area contributed by atoms with Gasteiger partial charge in [0.15, 0.2) is 5.96 Å². The lowest BCUT2D eigenvalue weighted by Gasteiger charge is -2.36. The molecule has 140 valence electrons. The minimum atomic E-state index is -0.234. The van der Waals surface area contributed by atoms with E-state index < -0.39 is 0 Å². The second-order valence-corrected chi connectivity index (χ2v) is 6.83. The number of aryl methyl sites for hydroxylation is 1. The number of aliphatic hydroxyl groups excluding tert-OH is 1. The molecule has 0 spiro atoms. The van der Waals surface area contributed by atoms with Gasteiger partial charge >= 0.3 is 0 Å². The molecule has 8 heteroatoms. The monoisotopic (exact) mass is 350 g/mol. The molecule has 1 aliphatic heterocycles. The van der Waals surface area contributed by atoms with Crippen LogP contribution in [0.25, 0.3) is 0 Å². The summed E-state index contributed by atoms with van der Waals surface area (Å²) in [7, 11) is 1.84. The van der Waals surface area contributed by atoms with E-state index in [9.17, 15) is 9.90 Å². The van der Waals surface area contributed by atoms with Crippen LogP contribution in [0.2, 0.25) is 0 Å². The van der Waals surface area contributed by atoms with Crippen LogP contribution in [0.15, 0.2) is 17.4 Å². The van der Waals surface area contributed by atoms with Crippen molar-refractivity contribution in [2.45, 2.75) is 27.2 Å². The molecular formula is C17H30N6O2. The van der Waals surface area contributed by atoms with Crippen molar-refractivity contribution in [2.75, 3.05) is 44.2 Å². The summed E-state index contributed by atoms with van der Waals surface area (Å²) in [5.41, 5.74) is 0.593. The molecule has 1 aromatic heterocycles. The Morgan fingerprint density at radius 1 is 1.44 bits per heavy atom. The van der Waals surface area contributed by atoms with Crippen LogP contribution in [-0.2, 0) is 11.8 Å². The second-order valence-electron chi connectivity index (χ2n) is 6.83. The third-order valence-corrected chi connectivity index (χ3v) is 4.70. The maximum Gasteiger partial charge on any atom is 0.246 e. The Labute approximate surface area is 149 Å². The van der Waals surface area contributed by atoms with E-state index >= 15 is 0 Å². The van der Waals surface area contributed by atoms with Crippen LogP contribution >= 0.6 is 0 Å². The van der Waals surface area contributed by atoms with Gasteiger partial charge in [-0.2, -0.15) is 5.10 Å². The molecule has 1 aromatic rings. The summed E-state index contributed by atoms with van der Waals surface area (Å²) in [5.74, 6) is 0.764. The fourth-order valence-electron chi connectivity index (χ4n) is 2.64. The van der Waals surface area contributed by atoms with Crippen molar-refractivity contribution < 1.29 is 9.90 Å². The molecule has 0 bridgehead atoms. The van der Waals surface area contributed by atoms with E-state index in [-0.39, 0.29) is 24.5 Å². The second kappa shape index (κ2) is 8.33. The van der Waals surface area contributed by atoms with Crippen molar-refractivity contribution in [3.63, 3.8) is 0 Å². The van der Waals surface area contributed by atoms with Crippen molar-refractivity contribution in [1.29, 1.82) is 0 Å². The van der Waals surface area contributed by atoms with E-state index in [4.69, 9.17) is 0 Å². The third-order valence-electron chi connectivity index (χ3n) is 4.70. The molecule has 2 rings (SSSR count). The SMILES string of the molecule is CCNC(=NCC(C)(CC)CO)N1CCN(c2cnn(C)c2)C(=O)C1. The number of carbonyl (C=O) groups is 1. The molecule has 1 atom stereocenters. The molecule has 1 fully saturated rings. The van der Waals surface area contributed by atoms with Crippen molar-refractivity contribution in [3.05, 3.63) is 12.4 Å². The Kier molecular flexibility index (Phi) is 6.41. The zero-order valence-corrected chi connectivity index (χ0v) is 15.7. The molecule has 2 heterocycles. The highest BCUT2D eigenvalue weighted by atomic mass is 16.3. The van der Waals surface area contributed by atoms with Gasteiger partial charge in [0.2, 0.25) is 5.91 Å². The van der Waals surface area contributed by atoms with Gasteiger partial charge in [0.05, 0.1) is 25.0 Å². The number of nitrogens with one attached hydrogen (secondary N) is 1. The molecule has 0 aromatic carbocycles. The van der Waals surface area contributed by atoms with Crippen LogP contribution in [0.1, 0.15) is 27.2 Å². The van der Waals surface area contributed by atoms with Gasteiger partial charge in [-0.3, -0.25) is 14.5 Å². The Hall–Kier alpha value is -2.09. The molecule has 1 amide bonds. The van der Waals surface area contributed by atoms with Gasteiger partial charge in [-0.25, -0.2) is 0 Å². The summed E-state index contributed by atoms with van der Waals surface area (Å²) in [6, 6.07) is 0. The molecular weight excluding hydrogens is 320 g/mol. The quantitative estimate of drug-likeness (QED) is 0.574. The number of carbonyl (C=O) groups excluding carboxylic acids is 1. The van der Waals surface area contributed by atoms with Crippen LogP contribution in [-0.4, -0.2) is 71.0 Å². The van der Waals surface area contributed by atoms with Crippen LogP contribution < -0.4 is 10.2 Å². The van der Waals surface area contributed by atoms with Gasteiger partial charge in [-0.1, -0.05) is 13.8 Å². The van der Waals surface area contributed by atoms with Gasteiger partial charge in [-0.05, 0) is 13.3 Å². The van der Waals surface area contributed by atoms with Gasteiger partial charge in [0, 0.05) is 38.3 Å². The summed E-state index contributed by atoms with van der Waals surface area (Å²) >= 11 is 0. The number of anilines is 1. The number of hydrogen-bond donors (Lipinski definition) is 2. The maximum atomic E-state index is 12.6. The highest BCUT2D eigenvalue weighted by molar-refractivity contribution is 5.98. The van der Waals surface area contributed by atoms with Crippen molar-refractivity contribution in [1.82, 2.24) is 20.0 Å². The summed E-state index contributed by atoms with van der Waals surface area (Å²) in [6.07, 6.45) is 4.40. The molecule has 8 nitrogen and oxygen atoms in total. The number of amides is 1. The molecule has 25 heavy (non-hydrogen) atoms. The van der Waals surface area contributed by atoms with E-state index in [1.54, 1.807) is 15.8 Å². The molecule has 0 radical (unpaired) electrons. The number of aliphatic hydroxyl groups is 1. The Bertz CT molecular complexity index is 608. The van der Waals surface area contributed by atoms with Gasteiger partial charge < -0.3 is 20.2 Å². The number of aliphatic imine (C=N–C) groups is 1. The Morgan fingerprint density at radius 2 is 2.20 bits per heavy atom. The van der Waals surface area contributed by atoms with E-state index in [1.165, 1.54) is 0 Å². The van der Waals surface area contributed by atoms with Gasteiger partial charge in [0.25, 0.3) is 0 Å². The molecule has 1 unspecified atom stereocenters. The summed E-state index contributed by atoms with van der Waals surface area (Å²) in [4.78, 5) is 21.0. The number of nitrogens with zero attached hydrogens (tertiary/aromatic N) is 5. The highest BCUT2D eigenvalue weighted by Gasteiger charge is 2.28. The largest absolute Gasteiger partial charge is 0.396 e. The average Bonchev–Trinajstić information content (AvgIpc) is 3.04. The smallest absolute Gasteiger partial charge is 0.246 e. The normalized spacial score (nSPS) is 18.4. The first-order valence-corrected chi connectivity index (χ1v) is 8.85. The first-order valence-electron chi connectivity index (χ1n) is 8.85. The van der Waals surface area contributed by atoms with E-state index in [0.29, 0.717) is 19.6 Å². The molecule has 2 N–H and O–H groups in total. The molecule has 1 saturated heterocycles. The zero-order chi connectivity index (χ0) is 18.4. The number of aromatic nitrogens is 2. The zero-order valence-electron chi connectivity index (χ0n) is 15.7. The minimum Gasteiger partial charge on any atom is -0.396 e. The predicted molar refractivity (Wildman–Crippen MR) is 98.6 cm³/mol. The number of hydrogen-bond acceptors (Lipinski definition) is 4. The summed E-state index contributed by atoms with van der Waals surface area (Å²) in [5, 5.41) is 17.0. The number of rotatable bonds is 6. The highest BCUT2D eigenvalue weighted by Crippen LogP contribution is 2.21. The Balaban J connectivity index is 2.07. The fraction of sp³-hybridized carbons (Fsp3) is 0.706. The number of guanidine groups is 1. The maximum absolute atomic E-state index is 12.6. The van der Waals surface area contributed by atoms with E-state index in [2.05, 4.69) is 22.3 Å². The van der Waals surface area contributed by atoms with Gasteiger partial charge in [-0.15, -0.1) is 0 Å². The molecule has 1 aliphatic rings. The van der Waals surface area contributed by atoms with Crippen LogP contribution in [0.5, 0.6) is 0 Å². The number of piperazine rings is 1. The van der Waals surface area contributed by atoms with Crippen LogP contribution in [0.4, 0.5) is 5.69 Å². The first kappa shape index (κ1) is 19.2. The van der Waals surface area contributed by atoms with E-state index in [1.807, 2.05) is 32.0 Å². The van der Waals surface area contributed by atoms with Crippen LogP contribution in [0, 0.1) is 5.41 Å². The topological polar surface area (TPSA) is 86.0 Å². The van der Waals surface area contributed by atoms with Crippen LogP contribution in [0.3, 0.4) is 0 Å². The summed E-state index contributed by atoms with van der Waals surface area (Å²) < 4.78 is 1.70. The lowest BCUT2D eigenvalue weighted by atomic mass is 9.89.